The molecule has 0 radical (unpaired) electrons. The maximum absolute atomic E-state index is 12.2. The van der Waals surface area contributed by atoms with Gasteiger partial charge in [-0.2, -0.15) is 0 Å². The van der Waals surface area contributed by atoms with Crippen molar-refractivity contribution in [1.82, 2.24) is 4.90 Å². The van der Waals surface area contributed by atoms with Gasteiger partial charge < -0.3 is 11.1 Å². The number of para-hydroxylation sites is 1. The second kappa shape index (κ2) is 8.49. The molecule has 0 bridgehead atoms. The molecule has 4 nitrogen and oxygen atoms in total. The van der Waals surface area contributed by atoms with Crippen molar-refractivity contribution in [3.8, 4) is 0 Å². The predicted molar refractivity (Wildman–Crippen MR) is 101 cm³/mol. The van der Waals surface area contributed by atoms with E-state index in [-0.39, 0.29) is 30.3 Å². The molecule has 1 fully saturated rings. The molecule has 2 atom stereocenters. The summed E-state index contributed by atoms with van der Waals surface area (Å²) in [6.45, 7) is 1.83. The van der Waals surface area contributed by atoms with E-state index < -0.39 is 0 Å². The Balaban J connectivity index is 0.00000208. The second-order valence-electron chi connectivity index (χ2n) is 5.90. The molecular formula is C18H21Cl2N3O. The molecule has 0 aromatic heterocycles. The molecule has 3 N–H and O–H groups in total. The molecule has 0 unspecified atom stereocenters. The Hall–Kier alpha value is -1.59. The third kappa shape index (κ3) is 4.48. The Morgan fingerprint density at radius 1 is 1.12 bits per heavy atom. The van der Waals surface area contributed by atoms with E-state index >= 15 is 0 Å². The van der Waals surface area contributed by atoms with Crippen LogP contribution in [-0.4, -0.2) is 36.5 Å². The highest BCUT2D eigenvalue weighted by atomic mass is 35.5. The number of halogens is 2. The van der Waals surface area contributed by atoms with Gasteiger partial charge in [0.25, 0.3) is 0 Å². The van der Waals surface area contributed by atoms with Gasteiger partial charge in [0.15, 0.2) is 0 Å². The van der Waals surface area contributed by atoms with E-state index in [1.807, 2.05) is 30.3 Å². The molecule has 24 heavy (non-hydrogen) atoms. The van der Waals surface area contributed by atoms with Gasteiger partial charge in [-0.3, -0.25) is 9.69 Å². The third-order valence-corrected chi connectivity index (χ3v) is 4.51. The Bertz CT molecular complexity index is 681. The number of hydrogen-bond acceptors (Lipinski definition) is 3. The summed E-state index contributed by atoms with van der Waals surface area (Å²) in [7, 11) is 0. The molecule has 6 heteroatoms. The van der Waals surface area contributed by atoms with Gasteiger partial charge in [-0.1, -0.05) is 54.1 Å². The van der Waals surface area contributed by atoms with Crippen LogP contribution in [0.5, 0.6) is 0 Å². The number of anilines is 1. The maximum atomic E-state index is 12.2. The summed E-state index contributed by atoms with van der Waals surface area (Å²) in [6.07, 6.45) is 0. The minimum atomic E-state index is -0.0704. The van der Waals surface area contributed by atoms with Crippen LogP contribution in [0.3, 0.4) is 0 Å². The predicted octanol–water partition coefficient (Wildman–Crippen LogP) is 3.13. The highest BCUT2D eigenvalue weighted by molar-refractivity contribution is 6.33. The molecule has 1 saturated heterocycles. The van der Waals surface area contributed by atoms with Gasteiger partial charge in [-0.05, 0) is 17.7 Å². The molecule has 1 aliphatic rings. The zero-order valence-electron chi connectivity index (χ0n) is 13.2. The summed E-state index contributed by atoms with van der Waals surface area (Å²) in [4.78, 5) is 14.3. The summed E-state index contributed by atoms with van der Waals surface area (Å²) < 4.78 is 0. The number of nitrogens with zero attached hydrogens (tertiary/aromatic N) is 1. The van der Waals surface area contributed by atoms with Crippen molar-refractivity contribution >= 4 is 35.6 Å². The molecule has 2 aromatic carbocycles. The summed E-state index contributed by atoms with van der Waals surface area (Å²) in [6, 6.07) is 17.5. The fraction of sp³-hybridized carbons (Fsp3) is 0.278. The first kappa shape index (κ1) is 18.7. The summed E-state index contributed by atoms with van der Waals surface area (Å²) >= 11 is 6.06. The van der Waals surface area contributed by atoms with E-state index in [0.29, 0.717) is 17.3 Å². The highest BCUT2D eigenvalue weighted by Crippen LogP contribution is 2.26. The normalized spacial score (nSPS) is 20.4. The van der Waals surface area contributed by atoms with Crippen LogP contribution in [0.2, 0.25) is 5.02 Å². The third-order valence-electron chi connectivity index (χ3n) is 4.18. The van der Waals surface area contributed by atoms with Crippen LogP contribution >= 0.6 is 24.0 Å². The SMILES string of the molecule is Cl.N[C@@H]1CN(CC(=O)Nc2ccccc2Cl)C[C@H]1c1ccccc1. The first-order valence-electron chi connectivity index (χ1n) is 7.71. The molecule has 0 aliphatic carbocycles. The number of likely N-dealkylation sites (tertiary alicyclic amines) is 1. The van der Waals surface area contributed by atoms with Crippen LogP contribution in [0.15, 0.2) is 54.6 Å². The molecule has 0 saturated carbocycles. The van der Waals surface area contributed by atoms with Crippen molar-refractivity contribution in [2.45, 2.75) is 12.0 Å². The van der Waals surface area contributed by atoms with E-state index in [0.717, 1.165) is 13.1 Å². The standard InChI is InChI=1S/C18H20ClN3O.ClH/c19-15-8-4-5-9-17(15)21-18(23)12-22-10-14(16(20)11-22)13-6-2-1-3-7-13;/h1-9,14,16H,10-12,20H2,(H,21,23);1H/t14-,16+;/m0./s1. The van der Waals surface area contributed by atoms with Gasteiger partial charge in [0.05, 0.1) is 17.3 Å². The van der Waals surface area contributed by atoms with Crippen molar-refractivity contribution in [2.75, 3.05) is 25.0 Å². The van der Waals surface area contributed by atoms with Crippen LogP contribution in [-0.2, 0) is 4.79 Å². The first-order valence-corrected chi connectivity index (χ1v) is 8.08. The van der Waals surface area contributed by atoms with E-state index in [9.17, 15) is 4.79 Å². The van der Waals surface area contributed by atoms with Gasteiger partial charge in [-0.25, -0.2) is 0 Å². The van der Waals surface area contributed by atoms with Crippen LogP contribution in [0, 0.1) is 0 Å². The van der Waals surface area contributed by atoms with Crippen LogP contribution in [0.25, 0.3) is 0 Å². The minimum Gasteiger partial charge on any atom is -0.326 e. The van der Waals surface area contributed by atoms with Crippen LogP contribution in [0.1, 0.15) is 11.5 Å². The molecule has 128 valence electrons. The summed E-state index contributed by atoms with van der Waals surface area (Å²) in [5, 5.41) is 3.40. The summed E-state index contributed by atoms with van der Waals surface area (Å²) in [5.41, 5.74) is 8.13. The number of carbonyl (C=O) groups excluding carboxylic acids is 1. The van der Waals surface area contributed by atoms with Gasteiger partial charge in [0.1, 0.15) is 0 Å². The summed E-state index contributed by atoms with van der Waals surface area (Å²) in [5.74, 6) is 0.198. The largest absolute Gasteiger partial charge is 0.326 e. The van der Waals surface area contributed by atoms with Gasteiger partial charge in [-0.15, -0.1) is 12.4 Å². The van der Waals surface area contributed by atoms with E-state index in [4.69, 9.17) is 17.3 Å². The van der Waals surface area contributed by atoms with Crippen molar-refractivity contribution in [2.24, 2.45) is 5.73 Å². The smallest absolute Gasteiger partial charge is 0.238 e. The number of rotatable bonds is 4. The lowest BCUT2D eigenvalue weighted by atomic mass is 9.95. The highest BCUT2D eigenvalue weighted by Gasteiger charge is 2.31. The lowest BCUT2D eigenvalue weighted by molar-refractivity contribution is -0.117. The first-order chi connectivity index (χ1) is 11.1. The minimum absolute atomic E-state index is 0. The van der Waals surface area contributed by atoms with Gasteiger partial charge in [0.2, 0.25) is 5.91 Å². The average Bonchev–Trinajstić information content (AvgIpc) is 2.91. The molecule has 1 aliphatic heterocycles. The Kier molecular flexibility index (Phi) is 6.63. The number of amides is 1. The fourth-order valence-corrected chi connectivity index (χ4v) is 3.23. The molecule has 1 amide bonds. The molecule has 0 spiro atoms. The van der Waals surface area contributed by atoms with E-state index in [1.165, 1.54) is 5.56 Å². The Labute approximate surface area is 153 Å². The van der Waals surface area contributed by atoms with E-state index in [2.05, 4.69) is 22.3 Å². The van der Waals surface area contributed by atoms with Crippen molar-refractivity contribution < 1.29 is 4.79 Å². The molecular weight excluding hydrogens is 345 g/mol. The lowest BCUT2D eigenvalue weighted by Crippen LogP contribution is -2.33. The van der Waals surface area contributed by atoms with Gasteiger partial charge in [0, 0.05) is 25.0 Å². The lowest BCUT2D eigenvalue weighted by Gasteiger charge is -2.16. The fourth-order valence-electron chi connectivity index (χ4n) is 3.05. The van der Waals surface area contributed by atoms with Crippen LogP contribution in [0.4, 0.5) is 5.69 Å². The van der Waals surface area contributed by atoms with E-state index in [1.54, 1.807) is 12.1 Å². The zero-order valence-corrected chi connectivity index (χ0v) is 14.8. The van der Waals surface area contributed by atoms with Crippen molar-refractivity contribution in [3.63, 3.8) is 0 Å². The number of nitrogens with one attached hydrogen (secondary N) is 1. The number of hydrogen-bond donors (Lipinski definition) is 2. The molecule has 3 rings (SSSR count). The van der Waals surface area contributed by atoms with Crippen molar-refractivity contribution in [3.05, 3.63) is 65.2 Å². The maximum Gasteiger partial charge on any atom is 0.238 e. The molecule has 2 aromatic rings. The van der Waals surface area contributed by atoms with Crippen molar-refractivity contribution in [1.29, 1.82) is 0 Å². The second-order valence-corrected chi connectivity index (χ2v) is 6.31. The molecule has 1 heterocycles. The quantitative estimate of drug-likeness (QED) is 0.874. The number of carbonyl (C=O) groups is 1. The Morgan fingerprint density at radius 3 is 2.50 bits per heavy atom. The van der Waals surface area contributed by atoms with Gasteiger partial charge >= 0.3 is 0 Å². The Morgan fingerprint density at radius 2 is 1.79 bits per heavy atom. The topological polar surface area (TPSA) is 58.4 Å². The zero-order chi connectivity index (χ0) is 16.2. The number of benzene rings is 2. The van der Waals surface area contributed by atoms with Crippen LogP contribution < -0.4 is 11.1 Å². The monoisotopic (exact) mass is 365 g/mol. The average molecular weight is 366 g/mol. The number of nitrogens with two attached hydrogens (primary N) is 1.